The van der Waals surface area contributed by atoms with Crippen molar-refractivity contribution in [1.29, 1.82) is 10.5 Å². The van der Waals surface area contributed by atoms with Gasteiger partial charge in [-0.15, -0.1) is 0 Å². The van der Waals surface area contributed by atoms with Crippen molar-refractivity contribution in [2.45, 2.75) is 6.42 Å². The van der Waals surface area contributed by atoms with Crippen LogP contribution in [0.15, 0.2) is 0 Å². The molecule has 0 aliphatic carbocycles. The average Bonchev–Trinajstić information content (AvgIpc) is 1.88. The number of rotatable bonds is 3. The maximum Gasteiger partial charge on any atom is 0.0826 e. The molecule has 0 saturated heterocycles. The summed E-state index contributed by atoms with van der Waals surface area (Å²) in [6, 6.07) is 3.86. The molecule has 48 valence electrons. The monoisotopic (exact) mass is 124 g/mol. The summed E-state index contributed by atoms with van der Waals surface area (Å²) in [6.45, 7) is 0.351. The molecule has 0 aromatic carbocycles. The van der Waals surface area contributed by atoms with Crippen LogP contribution in [-0.4, -0.2) is 13.7 Å². The summed E-state index contributed by atoms with van der Waals surface area (Å²) in [7, 11) is 1.52. The Balaban J connectivity index is 3.48. The number of methoxy groups -OCH3 is 1. The summed E-state index contributed by atoms with van der Waals surface area (Å²) in [6.07, 6.45) is 0.254. The van der Waals surface area contributed by atoms with E-state index in [1.165, 1.54) is 7.11 Å². The summed E-state index contributed by atoms with van der Waals surface area (Å²) in [4.78, 5) is 0. The van der Waals surface area contributed by atoms with Crippen LogP contribution in [0.4, 0.5) is 0 Å². The molecule has 0 bridgehead atoms. The summed E-state index contributed by atoms with van der Waals surface area (Å²) >= 11 is 0. The van der Waals surface area contributed by atoms with E-state index < -0.39 is 0 Å². The van der Waals surface area contributed by atoms with Crippen LogP contribution >= 0.6 is 0 Å². The fourth-order valence-electron chi connectivity index (χ4n) is 0.453. The van der Waals surface area contributed by atoms with Gasteiger partial charge in [0.25, 0.3) is 0 Å². The van der Waals surface area contributed by atoms with Gasteiger partial charge in [-0.25, -0.2) is 0 Å². The lowest BCUT2D eigenvalue weighted by atomic mass is 10.1. The predicted octanol–water partition coefficient (Wildman–Crippen LogP) is 0.686. The molecule has 0 aliphatic heterocycles. The van der Waals surface area contributed by atoms with E-state index in [9.17, 15) is 0 Å². The van der Waals surface area contributed by atoms with Gasteiger partial charge in [0, 0.05) is 7.11 Å². The van der Waals surface area contributed by atoms with E-state index in [-0.39, 0.29) is 12.3 Å². The molecule has 0 N–H and O–H groups in total. The highest BCUT2D eigenvalue weighted by molar-refractivity contribution is 4.89. The summed E-state index contributed by atoms with van der Waals surface area (Å²) in [5.41, 5.74) is 0. The Morgan fingerprint density at radius 3 is 2.56 bits per heavy atom. The topological polar surface area (TPSA) is 56.8 Å². The highest BCUT2D eigenvalue weighted by Gasteiger charge is 2.03. The zero-order valence-corrected chi connectivity index (χ0v) is 5.29. The zero-order valence-electron chi connectivity index (χ0n) is 5.29. The maximum atomic E-state index is 8.31. The Kier molecular flexibility index (Phi) is 4.49. The molecular formula is C6H8N2O. The van der Waals surface area contributed by atoms with Gasteiger partial charge in [-0.3, -0.25) is 0 Å². The van der Waals surface area contributed by atoms with E-state index in [2.05, 4.69) is 4.74 Å². The Hall–Kier alpha value is -1.06. The minimum Gasteiger partial charge on any atom is -0.383 e. The first-order valence-corrected chi connectivity index (χ1v) is 2.60. The van der Waals surface area contributed by atoms with Crippen LogP contribution < -0.4 is 0 Å². The van der Waals surface area contributed by atoms with Crippen LogP contribution in [0.3, 0.4) is 0 Å². The van der Waals surface area contributed by atoms with Gasteiger partial charge in [0.2, 0.25) is 0 Å². The lowest BCUT2D eigenvalue weighted by molar-refractivity contribution is 0.174. The molecule has 3 nitrogen and oxygen atoms in total. The highest BCUT2D eigenvalue weighted by Crippen LogP contribution is 1.98. The van der Waals surface area contributed by atoms with E-state index in [4.69, 9.17) is 10.5 Å². The molecule has 0 amide bonds. The van der Waals surface area contributed by atoms with Gasteiger partial charge in [0.15, 0.2) is 0 Å². The van der Waals surface area contributed by atoms with Crippen molar-refractivity contribution in [3.05, 3.63) is 0 Å². The minimum atomic E-state index is -0.264. The van der Waals surface area contributed by atoms with Crippen molar-refractivity contribution in [2.24, 2.45) is 5.92 Å². The molecule has 3 heteroatoms. The average molecular weight is 124 g/mol. The number of nitriles is 2. The molecule has 9 heavy (non-hydrogen) atoms. The third kappa shape index (κ3) is 3.52. The van der Waals surface area contributed by atoms with E-state index >= 15 is 0 Å². The molecule has 0 rings (SSSR count). The fourth-order valence-corrected chi connectivity index (χ4v) is 0.453. The van der Waals surface area contributed by atoms with Crippen LogP contribution in [0.25, 0.3) is 0 Å². The molecule has 0 aliphatic rings. The molecule has 0 spiro atoms. The van der Waals surface area contributed by atoms with Crippen LogP contribution in [-0.2, 0) is 4.74 Å². The minimum absolute atomic E-state index is 0.254. The fraction of sp³-hybridized carbons (Fsp3) is 0.667. The van der Waals surface area contributed by atoms with Gasteiger partial charge in [-0.2, -0.15) is 10.5 Å². The van der Waals surface area contributed by atoms with Crippen molar-refractivity contribution in [1.82, 2.24) is 0 Å². The Morgan fingerprint density at radius 1 is 1.56 bits per heavy atom. The first-order valence-electron chi connectivity index (χ1n) is 2.60. The smallest absolute Gasteiger partial charge is 0.0826 e. The zero-order chi connectivity index (χ0) is 7.11. The molecule has 0 aromatic rings. The first-order chi connectivity index (χ1) is 4.35. The van der Waals surface area contributed by atoms with Crippen molar-refractivity contribution < 1.29 is 4.74 Å². The predicted molar refractivity (Wildman–Crippen MR) is 31.2 cm³/mol. The standard InChI is InChI=1S/C6H8N2O/c1-9-5-6(4-8)2-3-7/h6H,2,5H2,1H3. The normalized spacial score (nSPS) is 11.4. The second-order valence-electron chi connectivity index (χ2n) is 1.64. The Bertz CT molecular complexity index is 142. The van der Waals surface area contributed by atoms with Gasteiger partial charge in [-0.1, -0.05) is 0 Å². The second kappa shape index (κ2) is 5.08. The van der Waals surface area contributed by atoms with Crippen LogP contribution in [0, 0.1) is 28.6 Å². The van der Waals surface area contributed by atoms with Crippen molar-refractivity contribution in [2.75, 3.05) is 13.7 Å². The highest BCUT2D eigenvalue weighted by atomic mass is 16.5. The van der Waals surface area contributed by atoms with Crippen LogP contribution in [0.1, 0.15) is 6.42 Å². The third-order valence-electron chi connectivity index (χ3n) is 0.888. The number of hydrogen-bond donors (Lipinski definition) is 0. The van der Waals surface area contributed by atoms with Gasteiger partial charge < -0.3 is 4.74 Å². The van der Waals surface area contributed by atoms with Crippen molar-refractivity contribution in [3.8, 4) is 12.1 Å². The van der Waals surface area contributed by atoms with Crippen molar-refractivity contribution in [3.63, 3.8) is 0 Å². The quantitative estimate of drug-likeness (QED) is 0.556. The van der Waals surface area contributed by atoms with Crippen LogP contribution in [0.2, 0.25) is 0 Å². The molecule has 0 saturated carbocycles. The SMILES string of the molecule is COCC(C#N)CC#N. The Labute approximate surface area is 54.5 Å². The summed E-state index contributed by atoms with van der Waals surface area (Å²) in [5, 5.41) is 16.4. The number of nitrogens with zero attached hydrogens (tertiary/aromatic N) is 2. The van der Waals surface area contributed by atoms with E-state index in [0.29, 0.717) is 6.61 Å². The molecule has 0 heterocycles. The molecule has 0 aromatic heterocycles. The largest absolute Gasteiger partial charge is 0.383 e. The molecule has 0 radical (unpaired) electrons. The van der Waals surface area contributed by atoms with E-state index in [1.807, 2.05) is 12.1 Å². The van der Waals surface area contributed by atoms with Gasteiger partial charge in [0.1, 0.15) is 0 Å². The van der Waals surface area contributed by atoms with Gasteiger partial charge in [-0.05, 0) is 0 Å². The molecule has 0 fully saturated rings. The molecular weight excluding hydrogens is 116 g/mol. The Morgan fingerprint density at radius 2 is 2.22 bits per heavy atom. The second-order valence-corrected chi connectivity index (χ2v) is 1.64. The lowest BCUT2D eigenvalue weighted by Gasteiger charge is -1.99. The summed E-state index contributed by atoms with van der Waals surface area (Å²) < 4.78 is 4.67. The number of ether oxygens (including phenoxy) is 1. The van der Waals surface area contributed by atoms with Gasteiger partial charge >= 0.3 is 0 Å². The lowest BCUT2D eigenvalue weighted by Crippen LogP contribution is -2.03. The molecule has 1 atom stereocenters. The van der Waals surface area contributed by atoms with Crippen LogP contribution in [0.5, 0.6) is 0 Å². The maximum absolute atomic E-state index is 8.31. The van der Waals surface area contributed by atoms with Gasteiger partial charge in [0.05, 0.1) is 31.1 Å². The summed E-state index contributed by atoms with van der Waals surface area (Å²) in [5.74, 6) is -0.264. The van der Waals surface area contributed by atoms with Crippen molar-refractivity contribution >= 4 is 0 Å². The first kappa shape index (κ1) is 7.94. The number of hydrogen-bond acceptors (Lipinski definition) is 3. The third-order valence-corrected chi connectivity index (χ3v) is 0.888. The van der Waals surface area contributed by atoms with E-state index in [0.717, 1.165) is 0 Å². The molecule has 1 unspecified atom stereocenters. The van der Waals surface area contributed by atoms with E-state index in [1.54, 1.807) is 0 Å².